The average molecular weight is 249 g/mol. The van der Waals surface area contributed by atoms with E-state index in [0.29, 0.717) is 11.6 Å². The van der Waals surface area contributed by atoms with Crippen LogP contribution in [0.25, 0.3) is 0 Å². The zero-order valence-corrected chi connectivity index (χ0v) is 8.92. The maximum atomic E-state index is 13.4. The van der Waals surface area contributed by atoms with Gasteiger partial charge in [0.1, 0.15) is 11.6 Å². The second kappa shape index (κ2) is 4.75. The molecule has 90 valence electrons. The van der Waals surface area contributed by atoms with Crippen LogP contribution in [0.5, 0.6) is 0 Å². The maximum Gasteiger partial charge on any atom is 0.182 e. The van der Waals surface area contributed by atoms with E-state index in [1.54, 1.807) is 0 Å². The highest BCUT2D eigenvalue weighted by atomic mass is 19.2. The lowest BCUT2D eigenvalue weighted by Gasteiger charge is -2.07. The van der Waals surface area contributed by atoms with Crippen molar-refractivity contribution in [3.63, 3.8) is 0 Å². The van der Waals surface area contributed by atoms with E-state index in [4.69, 9.17) is 5.26 Å². The summed E-state index contributed by atoms with van der Waals surface area (Å²) < 4.78 is 39.3. The molecule has 2 rings (SSSR count). The van der Waals surface area contributed by atoms with Gasteiger partial charge in [0.15, 0.2) is 11.6 Å². The fourth-order valence-electron chi connectivity index (χ4n) is 1.35. The first-order chi connectivity index (χ1) is 8.60. The van der Waals surface area contributed by atoms with Crippen LogP contribution in [-0.4, -0.2) is 4.98 Å². The average Bonchev–Trinajstić information content (AvgIpc) is 2.35. The van der Waals surface area contributed by atoms with Gasteiger partial charge in [0.2, 0.25) is 0 Å². The molecule has 1 aromatic carbocycles. The Morgan fingerprint density at radius 1 is 1.17 bits per heavy atom. The molecule has 1 N–H and O–H groups in total. The first kappa shape index (κ1) is 11.9. The molecule has 0 fully saturated rings. The predicted molar refractivity (Wildman–Crippen MR) is 58.6 cm³/mol. The SMILES string of the molecule is N#Cc1ccnc(Nc2cc(F)cc(F)c2F)c1. The number of halogens is 3. The van der Waals surface area contributed by atoms with E-state index in [2.05, 4.69) is 10.3 Å². The Labute approximate surface area is 101 Å². The largest absolute Gasteiger partial charge is 0.338 e. The van der Waals surface area contributed by atoms with E-state index in [1.807, 2.05) is 6.07 Å². The minimum absolute atomic E-state index is 0.123. The van der Waals surface area contributed by atoms with Crippen molar-refractivity contribution in [1.29, 1.82) is 5.26 Å². The lowest BCUT2D eigenvalue weighted by atomic mass is 10.2. The van der Waals surface area contributed by atoms with Crippen molar-refractivity contribution in [2.45, 2.75) is 0 Å². The molecule has 1 aromatic heterocycles. The van der Waals surface area contributed by atoms with E-state index in [-0.39, 0.29) is 11.5 Å². The Bertz CT molecular complexity index is 635. The first-order valence-electron chi connectivity index (χ1n) is 4.88. The smallest absolute Gasteiger partial charge is 0.182 e. The summed E-state index contributed by atoms with van der Waals surface area (Å²) in [6.45, 7) is 0. The van der Waals surface area contributed by atoms with Crippen molar-refractivity contribution in [3.05, 3.63) is 53.5 Å². The second-order valence-electron chi connectivity index (χ2n) is 3.42. The van der Waals surface area contributed by atoms with Gasteiger partial charge in [0.05, 0.1) is 17.3 Å². The number of hydrogen-bond acceptors (Lipinski definition) is 3. The van der Waals surface area contributed by atoms with Gasteiger partial charge in [-0.15, -0.1) is 0 Å². The number of anilines is 2. The van der Waals surface area contributed by atoms with Gasteiger partial charge >= 0.3 is 0 Å². The standard InChI is InChI=1S/C12H6F3N3/c13-8-4-9(14)12(15)10(5-8)18-11-3-7(6-16)1-2-17-11/h1-5H,(H,17,18). The van der Waals surface area contributed by atoms with Crippen LogP contribution in [-0.2, 0) is 0 Å². The van der Waals surface area contributed by atoms with Crippen LogP contribution in [0.2, 0.25) is 0 Å². The number of rotatable bonds is 2. The van der Waals surface area contributed by atoms with Gasteiger partial charge in [-0.05, 0) is 12.1 Å². The van der Waals surface area contributed by atoms with Crippen LogP contribution in [0.3, 0.4) is 0 Å². The Morgan fingerprint density at radius 2 is 1.94 bits per heavy atom. The third-order valence-electron chi connectivity index (χ3n) is 2.14. The molecular weight excluding hydrogens is 243 g/mol. The molecule has 0 atom stereocenters. The topological polar surface area (TPSA) is 48.7 Å². The van der Waals surface area contributed by atoms with E-state index < -0.39 is 17.5 Å². The molecule has 0 spiro atoms. The molecule has 0 saturated heterocycles. The summed E-state index contributed by atoms with van der Waals surface area (Å²) in [5.74, 6) is -3.29. The highest BCUT2D eigenvalue weighted by Crippen LogP contribution is 2.22. The lowest BCUT2D eigenvalue weighted by Crippen LogP contribution is -1.99. The normalized spacial score (nSPS) is 9.89. The lowest BCUT2D eigenvalue weighted by molar-refractivity contribution is 0.498. The summed E-state index contributed by atoms with van der Waals surface area (Å²) >= 11 is 0. The fraction of sp³-hybridized carbons (Fsp3) is 0. The highest BCUT2D eigenvalue weighted by molar-refractivity contribution is 5.58. The van der Waals surface area contributed by atoms with Crippen molar-refractivity contribution in [2.75, 3.05) is 5.32 Å². The van der Waals surface area contributed by atoms with Crippen LogP contribution >= 0.6 is 0 Å². The number of nitrogens with one attached hydrogen (secondary N) is 1. The number of nitrogens with zero attached hydrogens (tertiary/aromatic N) is 2. The molecule has 0 unspecified atom stereocenters. The summed E-state index contributed by atoms with van der Waals surface area (Å²) in [6, 6.07) is 5.91. The second-order valence-corrected chi connectivity index (χ2v) is 3.42. The number of aromatic nitrogens is 1. The van der Waals surface area contributed by atoms with Crippen molar-refractivity contribution in [2.24, 2.45) is 0 Å². The summed E-state index contributed by atoms with van der Waals surface area (Å²) in [5, 5.41) is 11.1. The fourth-order valence-corrected chi connectivity index (χ4v) is 1.35. The van der Waals surface area contributed by atoms with Crippen molar-refractivity contribution in [1.82, 2.24) is 4.98 Å². The molecule has 0 saturated carbocycles. The summed E-state index contributed by atoms with van der Waals surface area (Å²) in [6.07, 6.45) is 1.33. The highest BCUT2D eigenvalue weighted by Gasteiger charge is 2.11. The Morgan fingerprint density at radius 3 is 2.67 bits per heavy atom. The number of benzene rings is 1. The molecule has 1 heterocycles. The first-order valence-corrected chi connectivity index (χ1v) is 4.88. The number of hydrogen-bond donors (Lipinski definition) is 1. The van der Waals surface area contributed by atoms with E-state index in [1.165, 1.54) is 18.3 Å². The molecule has 3 nitrogen and oxygen atoms in total. The van der Waals surface area contributed by atoms with Gasteiger partial charge < -0.3 is 5.32 Å². The molecular formula is C12H6F3N3. The van der Waals surface area contributed by atoms with Crippen molar-refractivity contribution in [3.8, 4) is 6.07 Å². The molecule has 0 amide bonds. The summed E-state index contributed by atoms with van der Waals surface area (Å²) in [7, 11) is 0. The van der Waals surface area contributed by atoms with E-state index >= 15 is 0 Å². The Balaban J connectivity index is 2.37. The van der Waals surface area contributed by atoms with E-state index in [9.17, 15) is 13.2 Å². The molecule has 2 aromatic rings. The molecule has 0 aliphatic heterocycles. The minimum Gasteiger partial charge on any atom is -0.338 e. The van der Waals surface area contributed by atoms with Crippen molar-refractivity contribution < 1.29 is 13.2 Å². The van der Waals surface area contributed by atoms with Gasteiger partial charge in [-0.2, -0.15) is 5.26 Å². The number of pyridine rings is 1. The summed E-state index contributed by atoms with van der Waals surface area (Å²) in [5.41, 5.74) is -0.0835. The predicted octanol–water partition coefficient (Wildman–Crippen LogP) is 3.11. The maximum absolute atomic E-state index is 13.4. The summed E-state index contributed by atoms with van der Waals surface area (Å²) in [4.78, 5) is 3.81. The third-order valence-corrected chi connectivity index (χ3v) is 2.14. The van der Waals surface area contributed by atoms with Gasteiger partial charge in [-0.25, -0.2) is 18.2 Å². The molecule has 0 aliphatic rings. The van der Waals surface area contributed by atoms with Crippen LogP contribution in [0, 0.1) is 28.8 Å². The minimum atomic E-state index is -1.30. The molecule has 0 radical (unpaired) electrons. The molecule has 0 aliphatic carbocycles. The van der Waals surface area contributed by atoms with E-state index in [0.717, 1.165) is 6.07 Å². The quantitative estimate of drug-likeness (QED) is 0.832. The monoisotopic (exact) mass is 249 g/mol. The van der Waals surface area contributed by atoms with Gasteiger partial charge in [0, 0.05) is 18.3 Å². The Kier molecular flexibility index (Phi) is 3.15. The van der Waals surface area contributed by atoms with Gasteiger partial charge in [0.25, 0.3) is 0 Å². The zero-order chi connectivity index (χ0) is 13.1. The molecule has 0 bridgehead atoms. The third kappa shape index (κ3) is 2.40. The van der Waals surface area contributed by atoms with Crippen LogP contribution in [0.4, 0.5) is 24.7 Å². The zero-order valence-electron chi connectivity index (χ0n) is 8.92. The van der Waals surface area contributed by atoms with Crippen molar-refractivity contribution >= 4 is 11.5 Å². The van der Waals surface area contributed by atoms with Crippen LogP contribution in [0.1, 0.15) is 5.56 Å². The molecule has 6 heteroatoms. The van der Waals surface area contributed by atoms with Gasteiger partial charge in [-0.3, -0.25) is 0 Å². The van der Waals surface area contributed by atoms with Crippen LogP contribution in [0.15, 0.2) is 30.5 Å². The van der Waals surface area contributed by atoms with Crippen LogP contribution < -0.4 is 5.32 Å². The van der Waals surface area contributed by atoms with Gasteiger partial charge in [-0.1, -0.05) is 0 Å². The Hall–Kier alpha value is -2.55. The molecule has 18 heavy (non-hydrogen) atoms. The number of nitriles is 1.